The highest BCUT2D eigenvalue weighted by Gasteiger charge is 2.25. The molecule has 0 saturated heterocycles. The fourth-order valence-corrected chi connectivity index (χ4v) is 4.28. The van der Waals surface area contributed by atoms with E-state index in [1.807, 2.05) is 52.9 Å². The molecule has 1 heterocycles. The molecule has 0 unspecified atom stereocenters. The molecule has 0 radical (unpaired) electrons. The van der Waals surface area contributed by atoms with Gasteiger partial charge in [-0.3, -0.25) is 9.59 Å². The number of carbonyl (C=O) groups excluding carboxylic acids is 2. The highest BCUT2D eigenvalue weighted by atomic mass is 35.5. The normalized spacial score (nSPS) is 12.0. The minimum Gasteiger partial charge on any atom is -0.342 e. The molecule has 34 heavy (non-hydrogen) atoms. The van der Waals surface area contributed by atoms with E-state index in [4.69, 9.17) is 23.2 Å². The third-order valence-corrected chi connectivity index (χ3v) is 7.16. The molecule has 0 saturated carbocycles. The fourth-order valence-electron chi connectivity index (χ4n) is 3.26. The molecule has 2 N–H and O–H groups in total. The smallest absolute Gasteiger partial charge is 0.251 e. The molecule has 2 aromatic carbocycles. The zero-order valence-electron chi connectivity index (χ0n) is 19.6. The van der Waals surface area contributed by atoms with E-state index in [1.165, 1.54) is 23.4 Å². The maximum absolute atomic E-state index is 12.8. The van der Waals surface area contributed by atoms with Crippen LogP contribution in [0.3, 0.4) is 0 Å². The second-order valence-corrected chi connectivity index (χ2v) is 10.1. The average molecular weight is 520 g/mol. The molecule has 10 heteroatoms. The van der Waals surface area contributed by atoms with Crippen molar-refractivity contribution in [3.05, 3.63) is 69.0 Å². The van der Waals surface area contributed by atoms with Crippen LogP contribution in [0.4, 0.5) is 5.69 Å². The van der Waals surface area contributed by atoms with Gasteiger partial charge in [0.05, 0.1) is 21.8 Å². The number of aromatic nitrogens is 3. The van der Waals surface area contributed by atoms with Crippen molar-refractivity contribution in [2.24, 2.45) is 13.0 Å². The minimum atomic E-state index is -0.391. The number of rotatable bonds is 8. The van der Waals surface area contributed by atoms with Gasteiger partial charge in [0.1, 0.15) is 0 Å². The summed E-state index contributed by atoms with van der Waals surface area (Å²) >= 11 is 13.3. The van der Waals surface area contributed by atoms with Crippen LogP contribution in [0.15, 0.2) is 41.6 Å². The van der Waals surface area contributed by atoms with Gasteiger partial charge in [-0.05, 0) is 61.2 Å². The Balaban J connectivity index is 1.67. The molecular formula is C24H27Cl2N5O2S. The lowest BCUT2D eigenvalue weighted by Gasteiger charge is -2.22. The number of hydrogen-bond donors (Lipinski definition) is 2. The number of nitrogens with one attached hydrogen (secondary N) is 2. The third kappa shape index (κ3) is 6.31. The standard InChI is InChI=1S/C24H27Cl2N5O2S/c1-13(2)21(28-23(33)16-7-9-18(25)19(26)11-16)22-29-30-24(31(22)5)34-12-20(32)27-17-8-6-14(3)15(4)10-17/h6-11,13,21H,12H2,1-5H3,(H,27,32)(H,28,33)/t21-/m1/s1. The van der Waals surface area contributed by atoms with E-state index in [1.54, 1.807) is 16.7 Å². The number of amides is 2. The molecule has 2 amide bonds. The number of thioether (sulfide) groups is 1. The van der Waals surface area contributed by atoms with Crippen molar-refractivity contribution in [1.82, 2.24) is 20.1 Å². The topological polar surface area (TPSA) is 88.9 Å². The van der Waals surface area contributed by atoms with Gasteiger partial charge in [0, 0.05) is 18.3 Å². The summed E-state index contributed by atoms with van der Waals surface area (Å²) in [4.78, 5) is 25.2. The van der Waals surface area contributed by atoms with Crippen molar-refractivity contribution < 1.29 is 9.59 Å². The number of benzene rings is 2. The summed E-state index contributed by atoms with van der Waals surface area (Å²) in [6.07, 6.45) is 0. The molecule has 0 aliphatic rings. The average Bonchev–Trinajstić information content (AvgIpc) is 3.14. The summed E-state index contributed by atoms with van der Waals surface area (Å²) in [5, 5.41) is 15.7. The van der Waals surface area contributed by atoms with Crippen LogP contribution in [0.5, 0.6) is 0 Å². The van der Waals surface area contributed by atoms with E-state index in [2.05, 4.69) is 20.8 Å². The minimum absolute atomic E-state index is 0.0422. The van der Waals surface area contributed by atoms with Crippen LogP contribution in [-0.4, -0.2) is 32.3 Å². The molecular weight excluding hydrogens is 493 g/mol. The van der Waals surface area contributed by atoms with Crippen LogP contribution in [0.25, 0.3) is 0 Å². The van der Waals surface area contributed by atoms with Gasteiger partial charge in [-0.2, -0.15) is 0 Å². The fraction of sp³-hybridized carbons (Fsp3) is 0.333. The second-order valence-electron chi connectivity index (χ2n) is 8.36. The van der Waals surface area contributed by atoms with Crippen LogP contribution >= 0.6 is 35.0 Å². The zero-order chi connectivity index (χ0) is 25.0. The Hall–Kier alpha value is -2.55. The second kappa shape index (κ2) is 11.3. The van der Waals surface area contributed by atoms with E-state index in [9.17, 15) is 9.59 Å². The molecule has 3 aromatic rings. The monoisotopic (exact) mass is 519 g/mol. The number of hydrogen-bond acceptors (Lipinski definition) is 5. The van der Waals surface area contributed by atoms with Crippen LogP contribution in [0, 0.1) is 19.8 Å². The SMILES string of the molecule is Cc1ccc(NC(=O)CSc2nnc([C@H](NC(=O)c3ccc(Cl)c(Cl)c3)C(C)C)n2C)cc1C. The molecule has 0 spiro atoms. The van der Waals surface area contributed by atoms with Crippen LogP contribution in [0.2, 0.25) is 10.0 Å². The van der Waals surface area contributed by atoms with Crippen molar-refractivity contribution >= 4 is 52.5 Å². The van der Waals surface area contributed by atoms with Crippen molar-refractivity contribution in [2.45, 2.75) is 38.9 Å². The summed E-state index contributed by atoms with van der Waals surface area (Å²) in [6.45, 7) is 8.00. The van der Waals surface area contributed by atoms with Gasteiger partial charge in [0.2, 0.25) is 5.91 Å². The number of halogens is 2. The van der Waals surface area contributed by atoms with Gasteiger partial charge in [0.15, 0.2) is 11.0 Å². The van der Waals surface area contributed by atoms with Gasteiger partial charge in [0.25, 0.3) is 5.91 Å². The Morgan fingerprint density at radius 2 is 1.76 bits per heavy atom. The zero-order valence-corrected chi connectivity index (χ0v) is 22.0. The highest BCUT2D eigenvalue weighted by Crippen LogP contribution is 2.26. The first-order chi connectivity index (χ1) is 16.1. The first-order valence-electron chi connectivity index (χ1n) is 10.7. The lowest BCUT2D eigenvalue weighted by molar-refractivity contribution is -0.113. The van der Waals surface area contributed by atoms with Crippen LogP contribution in [0.1, 0.15) is 47.2 Å². The number of anilines is 1. The lowest BCUT2D eigenvalue weighted by atomic mass is 10.0. The molecule has 0 aliphatic carbocycles. The highest BCUT2D eigenvalue weighted by molar-refractivity contribution is 7.99. The van der Waals surface area contributed by atoms with Gasteiger partial charge < -0.3 is 15.2 Å². The number of aryl methyl sites for hydroxylation is 2. The first kappa shape index (κ1) is 26.1. The molecule has 1 aromatic heterocycles. The molecule has 3 rings (SSSR count). The maximum atomic E-state index is 12.8. The predicted molar refractivity (Wildman–Crippen MR) is 138 cm³/mol. The Kier molecular flexibility index (Phi) is 8.62. The van der Waals surface area contributed by atoms with Gasteiger partial charge in [-0.1, -0.05) is 54.9 Å². The van der Waals surface area contributed by atoms with Crippen molar-refractivity contribution in [3.8, 4) is 0 Å². The molecule has 1 atom stereocenters. The first-order valence-corrected chi connectivity index (χ1v) is 12.5. The van der Waals surface area contributed by atoms with Gasteiger partial charge >= 0.3 is 0 Å². The Bertz CT molecular complexity index is 1210. The van der Waals surface area contributed by atoms with Crippen molar-refractivity contribution in [2.75, 3.05) is 11.1 Å². The molecule has 180 valence electrons. The predicted octanol–water partition coefficient (Wildman–Crippen LogP) is 5.60. The van der Waals surface area contributed by atoms with Gasteiger partial charge in [-0.15, -0.1) is 10.2 Å². The lowest BCUT2D eigenvalue weighted by Crippen LogP contribution is -2.33. The summed E-state index contributed by atoms with van der Waals surface area (Å²) < 4.78 is 1.80. The van der Waals surface area contributed by atoms with E-state index >= 15 is 0 Å². The summed E-state index contributed by atoms with van der Waals surface area (Å²) in [7, 11) is 1.82. The van der Waals surface area contributed by atoms with Crippen LogP contribution < -0.4 is 10.6 Å². The molecule has 7 nitrogen and oxygen atoms in total. The Morgan fingerprint density at radius 3 is 2.41 bits per heavy atom. The number of nitrogens with zero attached hydrogens (tertiary/aromatic N) is 3. The molecule has 0 aliphatic heterocycles. The maximum Gasteiger partial charge on any atom is 0.251 e. The largest absolute Gasteiger partial charge is 0.342 e. The quantitative estimate of drug-likeness (QED) is 0.378. The van der Waals surface area contributed by atoms with Crippen molar-refractivity contribution in [1.29, 1.82) is 0 Å². The van der Waals surface area contributed by atoms with Gasteiger partial charge in [-0.25, -0.2) is 0 Å². The summed E-state index contributed by atoms with van der Waals surface area (Å²) in [5.74, 6) is 0.398. The summed E-state index contributed by atoms with van der Waals surface area (Å²) in [5.41, 5.74) is 3.45. The summed E-state index contributed by atoms with van der Waals surface area (Å²) in [6, 6.07) is 10.2. The molecule has 0 bridgehead atoms. The van der Waals surface area contributed by atoms with Crippen molar-refractivity contribution in [3.63, 3.8) is 0 Å². The van der Waals surface area contributed by atoms with Crippen LogP contribution in [-0.2, 0) is 11.8 Å². The Morgan fingerprint density at radius 1 is 1.03 bits per heavy atom. The van der Waals surface area contributed by atoms with E-state index in [0.29, 0.717) is 26.6 Å². The third-order valence-electron chi connectivity index (χ3n) is 5.40. The molecule has 0 fully saturated rings. The number of carbonyl (C=O) groups is 2. The van der Waals surface area contributed by atoms with E-state index in [0.717, 1.165) is 11.3 Å². The van der Waals surface area contributed by atoms with E-state index < -0.39 is 6.04 Å². The Labute approximate surface area is 213 Å². The van der Waals surface area contributed by atoms with E-state index in [-0.39, 0.29) is 23.5 Å².